The molecule has 23 heavy (non-hydrogen) atoms. The van der Waals surface area contributed by atoms with Gasteiger partial charge in [0, 0.05) is 10.4 Å². The molecular weight excluding hydrogens is 350 g/mol. The minimum Gasteiger partial charge on any atom is -0.329 e. The minimum absolute atomic E-state index is 0.0217. The highest BCUT2D eigenvalue weighted by Gasteiger charge is 2.27. The fourth-order valence-electron chi connectivity index (χ4n) is 1.46. The van der Waals surface area contributed by atoms with Gasteiger partial charge >= 0.3 is 6.18 Å². The number of halogens is 4. The Bertz CT molecular complexity index is 568. The van der Waals surface area contributed by atoms with Gasteiger partial charge in [-0.2, -0.15) is 13.2 Å². The van der Waals surface area contributed by atoms with Gasteiger partial charge in [0.1, 0.15) is 5.82 Å². The van der Waals surface area contributed by atoms with Crippen molar-refractivity contribution in [2.75, 3.05) is 11.1 Å². The molecule has 0 bridgehead atoms. The Labute approximate surface area is 142 Å². The number of alkyl halides is 3. The van der Waals surface area contributed by atoms with Crippen LogP contribution in [0.1, 0.15) is 26.3 Å². The molecule has 0 amide bonds. The average molecular weight is 369 g/mol. The van der Waals surface area contributed by atoms with Gasteiger partial charge in [0.2, 0.25) is 0 Å². The molecule has 0 aromatic heterocycles. The number of thioether (sulfide) groups is 1. The first-order chi connectivity index (χ1) is 10.4. The van der Waals surface area contributed by atoms with Crippen LogP contribution in [0.5, 0.6) is 0 Å². The fourth-order valence-corrected chi connectivity index (χ4v) is 2.43. The Morgan fingerprint density at radius 3 is 2.35 bits per heavy atom. The van der Waals surface area contributed by atoms with Crippen molar-refractivity contribution in [3.63, 3.8) is 0 Å². The summed E-state index contributed by atoms with van der Waals surface area (Å²) in [5.41, 5.74) is 5.81. The zero-order chi connectivity index (χ0) is 17.8. The summed E-state index contributed by atoms with van der Waals surface area (Å²) in [5, 5.41) is 2.76. The van der Waals surface area contributed by atoms with Crippen molar-refractivity contribution in [1.29, 1.82) is 0 Å². The van der Waals surface area contributed by atoms with E-state index in [2.05, 4.69) is 16.2 Å². The van der Waals surface area contributed by atoms with Crippen molar-refractivity contribution in [2.24, 2.45) is 0 Å². The van der Waals surface area contributed by atoms with E-state index in [0.29, 0.717) is 22.2 Å². The van der Waals surface area contributed by atoms with E-state index in [1.807, 2.05) is 20.8 Å². The first-order valence-corrected chi connectivity index (χ1v) is 8.10. The number of nitrogens with one attached hydrogen (secondary N) is 3. The maximum absolute atomic E-state index is 13.9. The quantitative estimate of drug-likeness (QED) is 0.318. The van der Waals surface area contributed by atoms with E-state index in [-0.39, 0.29) is 16.3 Å². The molecule has 3 N–H and O–H groups in total. The molecule has 1 aromatic carbocycles. The van der Waals surface area contributed by atoms with E-state index in [9.17, 15) is 17.6 Å². The number of hydrogen-bond donors (Lipinski definition) is 3. The number of anilines is 1. The topological polar surface area (TPSA) is 36.1 Å². The Morgan fingerprint density at radius 2 is 1.83 bits per heavy atom. The third kappa shape index (κ3) is 7.85. The van der Waals surface area contributed by atoms with Crippen LogP contribution < -0.4 is 16.2 Å². The molecule has 3 nitrogen and oxygen atoms in total. The van der Waals surface area contributed by atoms with Gasteiger partial charge in [-0.25, -0.2) is 9.82 Å². The highest BCUT2D eigenvalue weighted by molar-refractivity contribution is 7.99. The molecule has 1 rings (SSSR count). The number of rotatable bonds is 4. The highest BCUT2D eigenvalue weighted by Crippen LogP contribution is 2.32. The molecule has 0 saturated carbocycles. The summed E-state index contributed by atoms with van der Waals surface area (Å²) >= 11 is 5.64. The monoisotopic (exact) mass is 369 g/mol. The van der Waals surface area contributed by atoms with Crippen molar-refractivity contribution in [3.05, 3.63) is 23.5 Å². The van der Waals surface area contributed by atoms with Crippen LogP contribution in [0.4, 0.5) is 23.2 Å². The first-order valence-electron chi connectivity index (χ1n) is 6.71. The number of hydrogen-bond acceptors (Lipinski definition) is 3. The number of hydrazine groups is 1. The Morgan fingerprint density at radius 1 is 1.22 bits per heavy atom. The van der Waals surface area contributed by atoms with Gasteiger partial charge in [-0.1, -0.05) is 0 Å². The summed E-state index contributed by atoms with van der Waals surface area (Å²) in [5.74, 6) is -1.62. The van der Waals surface area contributed by atoms with Crippen LogP contribution in [0.3, 0.4) is 0 Å². The second-order valence-electron chi connectivity index (χ2n) is 5.96. The van der Waals surface area contributed by atoms with E-state index in [4.69, 9.17) is 12.2 Å². The summed E-state index contributed by atoms with van der Waals surface area (Å²) in [6.07, 6.45) is -4.29. The Balaban J connectivity index is 2.80. The molecule has 0 spiro atoms. The van der Waals surface area contributed by atoms with E-state index >= 15 is 0 Å². The summed E-state index contributed by atoms with van der Waals surface area (Å²) in [6.45, 7) is 7.27. The van der Waals surface area contributed by atoms with Gasteiger partial charge in [-0.3, -0.25) is 5.43 Å². The molecule has 0 aliphatic heterocycles. The molecule has 0 aliphatic rings. The number of thiocarbonyl (C=S) groups is 1. The maximum Gasteiger partial charge on any atom is 0.398 e. The van der Waals surface area contributed by atoms with Gasteiger partial charge in [0.15, 0.2) is 5.11 Å². The van der Waals surface area contributed by atoms with Crippen molar-refractivity contribution >= 4 is 34.8 Å². The molecule has 0 unspecified atom stereocenters. The maximum atomic E-state index is 13.9. The largest absolute Gasteiger partial charge is 0.398 e. The van der Waals surface area contributed by atoms with Crippen LogP contribution in [-0.2, 0) is 0 Å². The Hall–Kier alpha value is -1.06. The Kier molecular flexibility index (Phi) is 6.67. The standard InChI is InChI=1S/C14H19F4N3S2/c1-8-5-9(15)10(6-11(8)23-7-14(16,17)18)19-12(22)20-21-13(2,3)4/h5-6,21H,7H2,1-4H3,(H2,19,20,22). The zero-order valence-corrected chi connectivity index (χ0v) is 14.8. The molecule has 0 atom stereocenters. The van der Waals surface area contributed by atoms with E-state index < -0.39 is 17.7 Å². The lowest BCUT2D eigenvalue weighted by atomic mass is 10.1. The third-order valence-corrected chi connectivity index (χ3v) is 3.88. The van der Waals surface area contributed by atoms with Gasteiger partial charge in [-0.15, -0.1) is 11.8 Å². The van der Waals surface area contributed by atoms with Gasteiger partial charge < -0.3 is 5.32 Å². The molecule has 1 aromatic rings. The van der Waals surface area contributed by atoms with Gasteiger partial charge in [0.25, 0.3) is 0 Å². The third-order valence-electron chi connectivity index (χ3n) is 2.46. The van der Waals surface area contributed by atoms with Gasteiger partial charge in [0.05, 0.1) is 11.4 Å². The number of aryl methyl sites for hydroxylation is 1. The second kappa shape index (κ2) is 7.67. The van der Waals surface area contributed by atoms with Crippen molar-refractivity contribution in [2.45, 2.75) is 44.3 Å². The molecule has 0 heterocycles. The average Bonchev–Trinajstić information content (AvgIpc) is 2.36. The van der Waals surface area contributed by atoms with Crippen LogP contribution >= 0.6 is 24.0 Å². The summed E-state index contributed by atoms with van der Waals surface area (Å²) in [4.78, 5) is 0.345. The summed E-state index contributed by atoms with van der Waals surface area (Å²) in [6, 6.07) is 2.51. The molecule has 0 fully saturated rings. The smallest absolute Gasteiger partial charge is 0.329 e. The lowest BCUT2D eigenvalue weighted by Crippen LogP contribution is -2.50. The molecule has 9 heteroatoms. The van der Waals surface area contributed by atoms with Crippen molar-refractivity contribution < 1.29 is 17.6 Å². The second-order valence-corrected chi connectivity index (χ2v) is 7.38. The summed E-state index contributed by atoms with van der Waals surface area (Å²) in [7, 11) is 0. The number of benzene rings is 1. The van der Waals surface area contributed by atoms with Crippen LogP contribution in [0.25, 0.3) is 0 Å². The van der Waals surface area contributed by atoms with E-state index in [0.717, 1.165) is 0 Å². The fraction of sp³-hybridized carbons (Fsp3) is 0.500. The van der Waals surface area contributed by atoms with Crippen molar-refractivity contribution in [1.82, 2.24) is 10.9 Å². The first kappa shape index (κ1) is 20.0. The lowest BCUT2D eigenvalue weighted by molar-refractivity contribution is -0.105. The van der Waals surface area contributed by atoms with Gasteiger partial charge in [-0.05, 0) is 57.6 Å². The SMILES string of the molecule is Cc1cc(F)c(NC(=S)NNC(C)(C)C)cc1SCC(F)(F)F. The molecular formula is C14H19F4N3S2. The predicted molar refractivity (Wildman–Crippen MR) is 90.2 cm³/mol. The van der Waals surface area contributed by atoms with Crippen LogP contribution in [0.2, 0.25) is 0 Å². The molecule has 0 radical (unpaired) electrons. The summed E-state index contributed by atoms with van der Waals surface area (Å²) < 4.78 is 50.9. The van der Waals surface area contributed by atoms with Crippen LogP contribution in [0, 0.1) is 12.7 Å². The van der Waals surface area contributed by atoms with Crippen LogP contribution in [0.15, 0.2) is 17.0 Å². The van der Waals surface area contributed by atoms with Crippen molar-refractivity contribution in [3.8, 4) is 0 Å². The highest BCUT2D eigenvalue weighted by atomic mass is 32.2. The zero-order valence-electron chi connectivity index (χ0n) is 13.2. The molecule has 130 valence electrons. The normalized spacial score (nSPS) is 12.2. The lowest BCUT2D eigenvalue weighted by Gasteiger charge is -2.22. The van der Waals surface area contributed by atoms with E-state index in [1.165, 1.54) is 12.1 Å². The van der Waals surface area contributed by atoms with Crippen LogP contribution in [-0.4, -0.2) is 22.6 Å². The predicted octanol–water partition coefficient (Wildman–Crippen LogP) is 4.38. The van der Waals surface area contributed by atoms with E-state index in [1.54, 1.807) is 6.92 Å². The minimum atomic E-state index is -4.29. The molecule has 0 saturated heterocycles. The molecule has 0 aliphatic carbocycles.